The Labute approximate surface area is 111 Å². The lowest BCUT2D eigenvalue weighted by molar-refractivity contribution is 0.475. The van der Waals surface area contributed by atoms with Crippen LogP contribution in [0, 0.1) is 5.82 Å². The van der Waals surface area contributed by atoms with E-state index in [2.05, 4.69) is 4.98 Å². The zero-order chi connectivity index (χ0) is 14.3. The van der Waals surface area contributed by atoms with Crippen LogP contribution in [0.15, 0.2) is 52.1 Å². The van der Waals surface area contributed by atoms with Gasteiger partial charge in [0.25, 0.3) is 5.56 Å². The van der Waals surface area contributed by atoms with E-state index in [0.717, 1.165) is 10.6 Å². The van der Waals surface area contributed by atoms with Crippen LogP contribution in [0.1, 0.15) is 0 Å². The molecule has 0 bridgehead atoms. The molecule has 100 valence electrons. The first-order chi connectivity index (χ1) is 9.58. The van der Waals surface area contributed by atoms with Crippen molar-refractivity contribution in [3.8, 4) is 11.4 Å². The quantitative estimate of drug-likeness (QED) is 0.705. The molecule has 0 atom stereocenters. The summed E-state index contributed by atoms with van der Waals surface area (Å²) in [5.74, 6) is -0.693. The fourth-order valence-corrected chi connectivity index (χ4v) is 2.06. The van der Waals surface area contributed by atoms with Crippen molar-refractivity contribution in [1.82, 2.24) is 9.55 Å². The van der Waals surface area contributed by atoms with Gasteiger partial charge < -0.3 is 10.1 Å². The standard InChI is InChI=1S/C14H9FN2O3/c15-10-2-1-3-11-12(10)13(19)17(14(20)16-11)8-4-6-9(18)7-5-8/h1-7,18H,(H,16,20). The smallest absolute Gasteiger partial charge is 0.333 e. The molecule has 0 aliphatic rings. The van der Waals surface area contributed by atoms with Gasteiger partial charge in [-0.15, -0.1) is 0 Å². The van der Waals surface area contributed by atoms with Crippen LogP contribution in [-0.4, -0.2) is 14.7 Å². The third kappa shape index (κ3) is 1.78. The van der Waals surface area contributed by atoms with Gasteiger partial charge in [0, 0.05) is 0 Å². The van der Waals surface area contributed by atoms with E-state index < -0.39 is 17.1 Å². The highest BCUT2D eigenvalue weighted by Crippen LogP contribution is 2.13. The van der Waals surface area contributed by atoms with Crippen LogP contribution >= 0.6 is 0 Å². The largest absolute Gasteiger partial charge is 0.508 e. The Hall–Kier alpha value is -2.89. The first-order valence-corrected chi connectivity index (χ1v) is 5.81. The molecule has 0 fully saturated rings. The topological polar surface area (TPSA) is 75.1 Å². The second-order valence-electron chi connectivity index (χ2n) is 4.25. The molecule has 5 nitrogen and oxygen atoms in total. The van der Waals surface area contributed by atoms with Crippen LogP contribution in [0.5, 0.6) is 5.75 Å². The van der Waals surface area contributed by atoms with E-state index in [-0.39, 0.29) is 22.3 Å². The lowest BCUT2D eigenvalue weighted by Crippen LogP contribution is -2.34. The highest BCUT2D eigenvalue weighted by molar-refractivity contribution is 5.78. The summed E-state index contributed by atoms with van der Waals surface area (Å²) in [7, 11) is 0. The van der Waals surface area contributed by atoms with Gasteiger partial charge in [-0.1, -0.05) is 6.07 Å². The number of fused-ring (bicyclic) bond motifs is 1. The van der Waals surface area contributed by atoms with Crippen molar-refractivity contribution in [1.29, 1.82) is 0 Å². The molecule has 0 aliphatic heterocycles. The third-order valence-corrected chi connectivity index (χ3v) is 2.98. The molecule has 2 aromatic carbocycles. The summed E-state index contributed by atoms with van der Waals surface area (Å²) in [5.41, 5.74) is -1.01. The van der Waals surface area contributed by atoms with Crippen molar-refractivity contribution in [3.05, 3.63) is 69.1 Å². The number of phenolic OH excluding ortho intramolecular Hbond substituents is 1. The maximum absolute atomic E-state index is 13.8. The number of halogens is 1. The first-order valence-electron chi connectivity index (χ1n) is 5.81. The van der Waals surface area contributed by atoms with E-state index in [1.807, 2.05) is 0 Å². The number of benzene rings is 2. The molecule has 0 saturated carbocycles. The van der Waals surface area contributed by atoms with Crippen molar-refractivity contribution >= 4 is 10.9 Å². The molecule has 3 aromatic rings. The predicted molar refractivity (Wildman–Crippen MR) is 71.8 cm³/mol. The van der Waals surface area contributed by atoms with Crippen molar-refractivity contribution < 1.29 is 9.50 Å². The molecule has 0 spiro atoms. The maximum atomic E-state index is 13.8. The zero-order valence-corrected chi connectivity index (χ0v) is 10.1. The molecule has 0 amide bonds. The molecule has 20 heavy (non-hydrogen) atoms. The van der Waals surface area contributed by atoms with Gasteiger partial charge in [0.2, 0.25) is 0 Å². The number of H-pyrrole nitrogens is 1. The first kappa shape index (κ1) is 12.2. The Morgan fingerprint density at radius 1 is 1.05 bits per heavy atom. The summed E-state index contributed by atoms with van der Waals surface area (Å²) in [4.78, 5) is 26.7. The molecule has 1 aromatic heterocycles. The minimum absolute atomic E-state index is 0.00481. The van der Waals surface area contributed by atoms with Gasteiger partial charge in [0.15, 0.2) is 0 Å². The summed E-state index contributed by atoms with van der Waals surface area (Å²) in [6, 6.07) is 9.51. The molecule has 0 unspecified atom stereocenters. The normalized spacial score (nSPS) is 10.8. The van der Waals surface area contributed by atoms with Crippen LogP contribution in [0.25, 0.3) is 16.6 Å². The number of nitrogens with one attached hydrogen (secondary N) is 1. The third-order valence-electron chi connectivity index (χ3n) is 2.98. The van der Waals surface area contributed by atoms with Crippen LogP contribution < -0.4 is 11.2 Å². The summed E-state index contributed by atoms with van der Waals surface area (Å²) >= 11 is 0. The molecule has 6 heteroatoms. The van der Waals surface area contributed by atoms with Gasteiger partial charge in [-0.05, 0) is 36.4 Å². The molecular weight excluding hydrogens is 263 g/mol. The lowest BCUT2D eigenvalue weighted by atomic mass is 10.2. The molecule has 0 saturated heterocycles. The van der Waals surface area contributed by atoms with Crippen molar-refractivity contribution in [2.45, 2.75) is 0 Å². The zero-order valence-electron chi connectivity index (χ0n) is 10.1. The fraction of sp³-hybridized carbons (Fsp3) is 0. The van der Waals surface area contributed by atoms with Crippen molar-refractivity contribution in [2.75, 3.05) is 0 Å². The fourth-order valence-electron chi connectivity index (χ4n) is 2.06. The second-order valence-corrected chi connectivity index (χ2v) is 4.25. The highest BCUT2D eigenvalue weighted by Gasteiger charge is 2.12. The molecule has 0 radical (unpaired) electrons. The number of rotatable bonds is 1. The second kappa shape index (κ2) is 4.34. The van der Waals surface area contributed by atoms with Crippen LogP contribution in [0.4, 0.5) is 4.39 Å². The predicted octanol–water partition coefficient (Wildman–Crippen LogP) is 1.52. The Balaban J connectivity index is 2.43. The molecule has 0 aliphatic carbocycles. The Bertz CT molecular complexity index is 910. The minimum Gasteiger partial charge on any atom is -0.508 e. The highest BCUT2D eigenvalue weighted by atomic mass is 19.1. The summed E-state index contributed by atoms with van der Waals surface area (Å²) in [6.07, 6.45) is 0. The monoisotopic (exact) mass is 272 g/mol. The number of nitrogens with zero attached hydrogens (tertiary/aromatic N) is 1. The van der Waals surface area contributed by atoms with Gasteiger partial charge >= 0.3 is 5.69 Å². The van der Waals surface area contributed by atoms with Gasteiger partial charge in [-0.3, -0.25) is 4.79 Å². The SMILES string of the molecule is O=c1[nH]c2cccc(F)c2c(=O)n1-c1ccc(O)cc1. The lowest BCUT2D eigenvalue weighted by Gasteiger charge is -2.06. The maximum Gasteiger partial charge on any atom is 0.333 e. The van der Waals surface area contributed by atoms with Crippen molar-refractivity contribution in [3.63, 3.8) is 0 Å². The van der Waals surface area contributed by atoms with E-state index in [1.54, 1.807) is 0 Å². The van der Waals surface area contributed by atoms with E-state index in [0.29, 0.717) is 0 Å². The number of aromatic hydroxyl groups is 1. The number of aromatic nitrogens is 2. The minimum atomic E-state index is -0.743. The number of hydrogen-bond donors (Lipinski definition) is 2. The Morgan fingerprint density at radius 2 is 1.75 bits per heavy atom. The Morgan fingerprint density at radius 3 is 2.45 bits per heavy atom. The number of phenols is 1. The van der Waals surface area contributed by atoms with Crippen LogP contribution in [-0.2, 0) is 0 Å². The summed E-state index contributed by atoms with van der Waals surface area (Å²) < 4.78 is 14.6. The van der Waals surface area contributed by atoms with Gasteiger partial charge in [0.05, 0.1) is 16.6 Å². The Kier molecular flexibility index (Phi) is 2.64. The van der Waals surface area contributed by atoms with Crippen LogP contribution in [0.2, 0.25) is 0 Å². The van der Waals surface area contributed by atoms with E-state index >= 15 is 0 Å². The molecule has 1 heterocycles. The van der Waals surface area contributed by atoms with Gasteiger partial charge in [-0.2, -0.15) is 0 Å². The van der Waals surface area contributed by atoms with E-state index in [1.165, 1.54) is 36.4 Å². The summed E-state index contributed by atoms with van der Waals surface area (Å²) in [5, 5.41) is 9.04. The van der Waals surface area contributed by atoms with Crippen molar-refractivity contribution in [2.24, 2.45) is 0 Å². The van der Waals surface area contributed by atoms with Gasteiger partial charge in [-0.25, -0.2) is 13.8 Å². The van der Waals surface area contributed by atoms with E-state index in [9.17, 15) is 19.1 Å². The average Bonchev–Trinajstić information content (AvgIpc) is 2.40. The van der Waals surface area contributed by atoms with Crippen LogP contribution in [0.3, 0.4) is 0 Å². The molecular formula is C14H9FN2O3. The number of aromatic amines is 1. The van der Waals surface area contributed by atoms with Gasteiger partial charge in [0.1, 0.15) is 11.6 Å². The summed E-state index contributed by atoms with van der Waals surface area (Å²) in [6.45, 7) is 0. The number of hydrogen-bond acceptors (Lipinski definition) is 3. The molecule has 2 N–H and O–H groups in total. The molecule has 3 rings (SSSR count). The van der Waals surface area contributed by atoms with E-state index in [4.69, 9.17) is 0 Å². The average molecular weight is 272 g/mol.